The van der Waals surface area contributed by atoms with Crippen molar-refractivity contribution in [1.82, 2.24) is 0 Å². The predicted octanol–water partition coefficient (Wildman–Crippen LogP) is 2.38. The summed E-state index contributed by atoms with van der Waals surface area (Å²) in [5.74, 6) is -1.28. The fourth-order valence-electron chi connectivity index (χ4n) is 14.2. The minimum atomic E-state index is -1.17. The summed E-state index contributed by atoms with van der Waals surface area (Å²) in [6, 6.07) is 0. The Kier molecular flexibility index (Phi) is 43.4. The Bertz CT molecular complexity index is 1460. The van der Waals surface area contributed by atoms with Crippen molar-refractivity contribution in [1.29, 1.82) is 0 Å². The van der Waals surface area contributed by atoms with Gasteiger partial charge in [-0.05, 0) is 51.4 Å². The number of carbonyl (C=O) groups excluding carboxylic acids is 4. The van der Waals surface area contributed by atoms with Crippen LogP contribution in [0.25, 0.3) is 0 Å². The second-order valence-electron chi connectivity index (χ2n) is 28.9. The van der Waals surface area contributed by atoms with Gasteiger partial charge in [0, 0.05) is 38.5 Å². The quantitative estimate of drug-likeness (QED) is 0.0397. The summed E-state index contributed by atoms with van der Waals surface area (Å²) in [6.07, 6.45) is 40.8. The molecule has 4 aliphatic rings. The predicted molar refractivity (Wildman–Crippen MR) is 321 cm³/mol. The van der Waals surface area contributed by atoms with E-state index in [1.54, 1.807) is 0 Å². The first-order valence-corrected chi connectivity index (χ1v) is 33.0. The lowest BCUT2D eigenvalue weighted by atomic mass is 9.48. The van der Waals surface area contributed by atoms with Gasteiger partial charge in [-0.1, -0.05) is 182 Å². The van der Waals surface area contributed by atoms with Crippen molar-refractivity contribution in [3.63, 3.8) is 0 Å². The van der Waals surface area contributed by atoms with E-state index in [0.29, 0.717) is 17.9 Å². The zero-order valence-electron chi connectivity index (χ0n) is 55.1. The number of esters is 4. The van der Waals surface area contributed by atoms with E-state index in [9.17, 15) is 19.2 Å². The average molecular weight is 1430 g/mol. The molecule has 16 heteroatoms. The molecule has 0 N–H and O–H groups in total. The van der Waals surface area contributed by atoms with Gasteiger partial charge in [0.05, 0.1) is 82.6 Å². The van der Waals surface area contributed by atoms with Gasteiger partial charge in [-0.3, -0.25) is 0 Å². The fraction of sp³-hybridized carbons (Fsp3) is 0.939. The van der Waals surface area contributed by atoms with Gasteiger partial charge in [0.15, 0.2) is 26.2 Å². The largest absolute Gasteiger partial charge is 1.00 e. The third kappa shape index (κ3) is 34.4. The number of carbonyl (C=O) groups is 4. The van der Waals surface area contributed by atoms with Gasteiger partial charge < -0.3 is 105 Å². The Labute approximate surface area is 546 Å². The summed E-state index contributed by atoms with van der Waals surface area (Å²) in [6.45, 7) is 13.2. The maximum atomic E-state index is 14.6. The number of hydrogen-bond acceptors (Lipinski definition) is 8. The third-order valence-electron chi connectivity index (χ3n) is 17.9. The molecule has 4 aliphatic carbocycles. The van der Waals surface area contributed by atoms with E-state index in [-0.39, 0.29) is 157 Å². The maximum Gasteiger partial charge on any atom is 0.362 e. The second-order valence-corrected chi connectivity index (χ2v) is 28.9. The molecule has 12 nitrogen and oxygen atoms in total. The highest BCUT2D eigenvalue weighted by molar-refractivity contribution is 5.74. The number of hydrogen-bond donors (Lipinski definition) is 0. The topological polar surface area (TPSA) is 105 Å². The van der Waals surface area contributed by atoms with Crippen LogP contribution >= 0.6 is 0 Å². The zero-order valence-corrected chi connectivity index (χ0v) is 61.4. The molecule has 0 saturated heterocycles. The molecule has 488 valence electrons. The molecular weight excluding hydrogens is 1300 g/mol. The van der Waals surface area contributed by atoms with Crippen molar-refractivity contribution in [2.45, 2.75) is 294 Å². The van der Waals surface area contributed by atoms with E-state index in [1.807, 2.05) is 0 Å². The first kappa shape index (κ1) is 83.7. The van der Waals surface area contributed by atoms with E-state index in [2.05, 4.69) is 84.1 Å². The minimum Gasteiger partial charge on any atom is -1.00 e. The Morgan fingerprint density at radius 3 is 0.537 bits per heavy atom. The van der Waals surface area contributed by atoms with E-state index in [4.69, 9.17) is 18.9 Å². The number of quaternary nitrogens is 4. The van der Waals surface area contributed by atoms with Crippen molar-refractivity contribution in [3.05, 3.63) is 0 Å². The van der Waals surface area contributed by atoms with E-state index in [0.717, 1.165) is 77.5 Å². The Balaban J connectivity index is 0. The normalized spacial score (nSPS) is 21.1. The Hall–Kier alpha value is -0.360. The first-order valence-electron chi connectivity index (χ1n) is 33.0. The highest BCUT2D eigenvalue weighted by Crippen LogP contribution is 2.65. The van der Waals surface area contributed by atoms with Gasteiger partial charge >= 0.3 is 23.9 Å². The summed E-state index contributed by atoms with van der Waals surface area (Å²) < 4.78 is 29.5. The van der Waals surface area contributed by atoms with Crippen molar-refractivity contribution in [3.8, 4) is 0 Å². The smallest absolute Gasteiger partial charge is 0.362 e. The molecular formula is C66H128Br4N4O8. The Morgan fingerprint density at radius 1 is 0.256 bits per heavy atom. The van der Waals surface area contributed by atoms with Gasteiger partial charge in [-0.2, -0.15) is 0 Å². The molecule has 0 unspecified atom stereocenters. The van der Waals surface area contributed by atoms with Crippen LogP contribution in [-0.2, 0) is 38.1 Å². The molecule has 0 aliphatic heterocycles. The van der Waals surface area contributed by atoms with Gasteiger partial charge in [0.1, 0.15) is 22.4 Å². The number of likely N-dealkylation sites (N-methyl/N-ethyl adjacent to an activating group) is 4. The standard InChI is InChI=1S/C66H128N4O8.4BrH/c1-13-17-21-25-29-33-37-41-45-67(5,6)49-59(71)75-63-53-64(76-60(72)50-68(7,8)46-42-38-34-30-26-22-18-14-2)56-65(54-63,77-61(73)51-69(9,10)47-43-39-35-31-27-23-19-15-3)58-66(55-63,57-64)78-62(74)52-70(11,12)48-44-40-36-32-28-24-20-16-4;;;;/h13-58H2,1-12H3;4*1H/q+4;;;;/p-4. The van der Waals surface area contributed by atoms with Gasteiger partial charge in [-0.15, -0.1) is 0 Å². The molecule has 0 spiro atoms. The molecule has 0 atom stereocenters. The van der Waals surface area contributed by atoms with Gasteiger partial charge in [0.25, 0.3) is 0 Å². The molecule has 0 amide bonds. The molecule has 4 bridgehead atoms. The van der Waals surface area contributed by atoms with Gasteiger partial charge in [0.2, 0.25) is 0 Å². The highest BCUT2D eigenvalue weighted by Gasteiger charge is 2.75. The molecule has 0 heterocycles. The molecule has 0 aromatic heterocycles. The van der Waals surface area contributed by atoms with E-state index in [1.165, 1.54) is 154 Å². The van der Waals surface area contributed by atoms with E-state index < -0.39 is 22.4 Å². The first-order chi connectivity index (χ1) is 36.9. The van der Waals surface area contributed by atoms with Crippen LogP contribution in [0.1, 0.15) is 272 Å². The molecule has 0 aromatic rings. The van der Waals surface area contributed by atoms with Crippen LogP contribution in [-0.4, -0.2) is 173 Å². The average Bonchev–Trinajstić information content (AvgIpc) is 3.30. The fourth-order valence-corrected chi connectivity index (χ4v) is 14.2. The van der Waals surface area contributed by atoms with Gasteiger partial charge in [-0.25, -0.2) is 19.2 Å². The lowest BCUT2D eigenvalue weighted by Crippen LogP contribution is -3.00. The molecule has 0 radical (unpaired) electrons. The van der Waals surface area contributed by atoms with Crippen LogP contribution in [0.4, 0.5) is 0 Å². The van der Waals surface area contributed by atoms with Crippen LogP contribution in [0.2, 0.25) is 0 Å². The summed E-state index contributed by atoms with van der Waals surface area (Å²) >= 11 is 0. The molecule has 4 rings (SSSR count). The number of ether oxygens (including phenoxy) is 4. The van der Waals surface area contributed by atoms with Crippen LogP contribution in [0, 0.1) is 0 Å². The van der Waals surface area contributed by atoms with Crippen LogP contribution in [0.15, 0.2) is 0 Å². The lowest BCUT2D eigenvalue weighted by Gasteiger charge is -2.66. The number of nitrogens with zero attached hydrogens (tertiary/aromatic N) is 4. The zero-order chi connectivity index (χ0) is 57.7. The van der Waals surface area contributed by atoms with Crippen LogP contribution in [0.3, 0.4) is 0 Å². The van der Waals surface area contributed by atoms with Crippen LogP contribution in [0.5, 0.6) is 0 Å². The third-order valence-corrected chi connectivity index (χ3v) is 17.9. The van der Waals surface area contributed by atoms with Crippen molar-refractivity contribution < 1.29 is 124 Å². The SMILES string of the molecule is CCCCCCCCCC[N+](C)(C)CC(=O)OC12CC3(OC(=O)C[N+](C)(C)CCCCCCCCCC)CC(OC(=O)C[N+](C)(C)CCCCCCCCCC)(C1)CC(OC(=O)C[N+](C)(C)CCCCCCCCCC)(C2)C3.[Br-].[Br-].[Br-].[Br-]. The number of rotatable bonds is 48. The summed E-state index contributed by atoms with van der Waals surface area (Å²) in [4.78, 5) is 58.4. The summed E-state index contributed by atoms with van der Waals surface area (Å²) in [7, 11) is 16.8. The molecule has 0 aromatic carbocycles. The Morgan fingerprint density at radius 2 is 0.390 bits per heavy atom. The second kappa shape index (κ2) is 42.5. The van der Waals surface area contributed by atoms with Crippen molar-refractivity contribution in [2.75, 3.05) is 109 Å². The number of halogens is 4. The lowest BCUT2D eigenvalue weighted by molar-refractivity contribution is -0.883. The highest BCUT2D eigenvalue weighted by atomic mass is 79.9. The summed E-state index contributed by atoms with van der Waals surface area (Å²) in [5.41, 5.74) is -4.68. The minimum absolute atomic E-state index is 0. The van der Waals surface area contributed by atoms with E-state index >= 15 is 0 Å². The van der Waals surface area contributed by atoms with Crippen molar-refractivity contribution >= 4 is 23.9 Å². The molecule has 82 heavy (non-hydrogen) atoms. The molecule has 4 fully saturated rings. The van der Waals surface area contributed by atoms with Crippen LogP contribution < -0.4 is 67.9 Å². The summed E-state index contributed by atoms with van der Waals surface area (Å²) in [5, 5.41) is 0. The number of unbranched alkanes of at least 4 members (excludes halogenated alkanes) is 28. The maximum absolute atomic E-state index is 14.6. The van der Waals surface area contributed by atoms with Crippen molar-refractivity contribution in [2.24, 2.45) is 0 Å². The monoisotopic (exact) mass is 1420 g/mol. The molecule has 4 saturated carbocycles.